The number of benzene rings is 2. The lowest BCUT2D eigenvalue weighted by molar-refractivity contribution is 0.0974. The molecule has 3 rings (SSSR count). The van der Waals surface area contributed by atoms with E-state index in [1.54, 1.807) is 24.3 Å². The largest absolute Gasteiger partial charge is 0.289 e. The summed E-state index contributed by atoms with van der Waals surface area (Å²) in [5.74, 6) is -0.193. The minimum Gasteiger partial charge on any atom is -0.289 e. The van der Waals surface area contributed by atoms with Gasteiger partial charge in [-0.3, -0.25) is 9.59 Å². The van der Waals surface area contributed by atoms with Gasteiger partial charge in [-0.2, -0.15) is 0 Å². The van der Waals surface area contributed by atoms with Crippen LogP contribution in [-0.4, -0.2) is 11.6 Å². The van der Waals surface area contributed by atoms with Gasteiger partial charge in [0.1, 0.15) is 0 Å². The molecule has 0 heterocycles. The van der Waals surface area contributed by atoms with Crippen LogP contribution in [0.25, 0.3) is 0 Å². The molecule has 20 heavy (non-hydrogen) atoms. The summed E-state index contributed by atoms with van der Waals surface area (Å²) in [6.45, 7) is 0. The molecule has 0 bridgehead atoms. The van der Waals surface area contributed by atoms with Gasteiger partial charge < -0.3 is 0 Å². The van der Waals surface area contributed by atoms with Crippen LogP contribution in [0.4, 0.5) is 0 Å². The molecule has 0 aliphatic heterocycles. The van der Waals surface area contributed by atoms with Gasteiger partial charge >= 0.3 is 0 Å². The quantitative estimate of drug-likeness (QED) is 0.555. The summed E-state index contributed by atoms with van der Waals surface area (Å²) in [6.07, 6.45) is 0. The number of fused-ring (bicyclic) bond motifs is 2. The van der Waals surface area contributed by atoms with E-state index in [0.29, 0.717) is 22.3 Å². The van der Waals surface area contributed by atoms with Gasteiger partial charge in [0.25, 0.3) is 0 Å². The van der Waals surface area contributed by atoms with Crippen molar-refractivity contribution < 1.29 is 9.59 Å². The van der Waals surface area contributed by atoms with Crippen LogP contribution >= 0.6 is 50.0 Å². The number of rotatable bonds is 2. The van der Waals surface area contributed by atoms with Crippen molar-refractivity contribution in [2.75, 3.05) is 0 Å². The van der Waals surface area contributed by atoms with E-state index in [9.17, 15) is 9.59 Å². The highest BCUT2D eigenvalue weighted by Crippen LogP contribution is 2.39. The average molecular weight is 430 g/mol. The monoisotopic (exact) mass is 428 g/mol. The number of carbonyl (C=O) groups is 2. The summed E-state index contributed by atoms with van der Waals surface area (Å²) in [6, 6.07) is 10.7. The Bertz CT molecular complexity index is 680. The van der Waals surface area contributed by atoms with Crippen molar-refractivity contribution >= 4 is 61.6 Å². The highest BCUT2D eigenvalue weighted by atomic mass is 79.9. The Labute approximate surface area is 139 Å². The second-order valence-electron chi connectivity index (χ2n) is 4.17. The zero-order chi connectivity index (χ0) is 14.3. The lowest BCUT2D eigenvalue weighted by atomic mass is 9.84. The van der Waals surface area contributed by atoms with Crippen LogP contribution in [0.3, 0.4) is 0 Å². The molecule has 2 aromatic carbocycles. The fraction of sp³-hybridized carbons (Fsp3) is 0. The minimum absolute atomic E-state index is 0.0967. The van der Waals surface area contributed by atoms with E-state index in [2.05, 4.69) is 29.6 Å². The number of ketones is 2. The smallest absolute Gasteiger partial charge is 0.195 e. The van der Waals surface area contributed by atoms with Crippen molar-refractivity contribution in [3.8, 4) is 0 Å². The number of carbonyl (C=O) groups excluding carboxylic acids is 2. The van der Waals surface area contributed by atoms with Gasteiger partial charge in [0.05, 0.1) is 0 Å². The molecule has 6 heteroatoms. The molecular weight excluding hydrogens is 424 g/mol. The predicted molar refractivity (Wildman–Crippen MR) is 89.3 cm³/mol. The van der Waals surface area contributed by atoms with E-state index in [4.69, 9.17) is 0 Å². The first kappa shape index (κ1) is 14.4. The van der Waals surface area contributed by atoms with Gasteiger partial charge in [-0.05, 0) is 62.1 Å². The maximum atomic E-state index is 12.7. The van der Waals surface area contributed by atoms with Gasteiger partial charge in [0, 0.05) is 32.0 Å². The van der Waals surface area contributed by atoms with E-state index in [1.165, 1.54) is 20.4 Å². The maximum Gasteiger partial charge on any atom is 0.195 e. The first-order valence-electron chi connectivity index (χ1n) is 5.61. The van der Waals surface area contributed by atoms with Crippen LogP contribution < -0.4 is 0 Å². The first-order valence-corrected chi connectivity index (χ1v) is 10.9. The van der Waals surface area contributed by atoms with Crippen molar-refractivity contribution in [3.05, 3.63) is 58.7 Å². The minimum atomic E-state index is -0.0967. The lowest BCUT2D eigenvalue weighted by Crippen LogP contribution is -2.22. The van der Waals surface area contributed by atoms with E-state index in [-0.39, 0.29) is 11.6 Å². The molecule has 1 aliphatic rings. The predicted octanol–water partition coefficient (Wildman–Crippen LogP) is 5.27. The van der Waals surface area contributed by atoms with Crippen molar-refractivity contribution in [2.45, 2.75) is 9.79 Å². The number of hydrogen-bond acceptors (Lipinski definition) is 4. The molecule has 0 aromatic heterocycles. The zero-order valence-corrected chi connectivity index (χ0v) is 14.7. The molecule has 0 radical (unpaired) electrons. The fourth-order valence-corrected chi connectivity index (χ4v) is 4.75. The average Bonchev–Trinajstić information content (AvgIpc) is 2.50. The van der Waals surface area contributed by atoms with E-state index >= 15 is 0 Å². The molecule has 2 aromatic rings. The topological polar surface area (TPSA) is 34.1 Å². The second kappa shape index (κ2) is 5.67. The van der Waals surface area contributed by atoms with E-state index < -0.39 is 0 Å². The Hall–Kier alpha value is -0.560. The van der Waals surface area contributed by atoms with Crippen molar-refractivity contribution in [1.82, 2.24) is 0 Å². The molecule has 0 N–H and O–H groups in total. The van der Waals surface area contributed by atoms with Crippen LogP contribution in [0.5, 0.6) is 0 Å². The first-order chi connectivity index (χ1) is 9.69. The third kappa shape index (κ3) is 2.09. The molecule has 100 valence electrons. The molecule has 0 atom stereocenters. The van der Waals surface area contributed by atoms with Crippen molar-refractivity contribution in [2.24, 2.45) is 0 Å². The molecule has 1 aliphatic carbocycles. The van der Waals surface area contributed by atoms with Crippen LogP contribution in [0.15, 0.2) is 46.2 Å². The van der Waals surface area contributed by atoms with Gasteiger partial charge in [0.15, 0.2) is 11.6 Å². The third-order valence-electron chi connectivity index (χ3n) is 3.16. The lowest BCUT2D eigenvalue weighted by Gasteiger charge is -2.20. The van der Waals surface area contributed by atoms with Crippen LogP contribution in [0.1, 0.15) is 31.8 Å². The molecule has 0 saturated carbocycles. The Kier molecular flexibility index (Phi) is 4.08. The van der Waals surface area contributed by atoms with Crippen LogP contribution in [0, 0.1) is 0 Å². The van der Waals surface area contributed by atoms with Gasteiger partial charge in [-0.1, -0.05) is 24.3 Å². The highest BCUT2D eigenvalue weighted by molar-refractivity contribution is 9.50. The summed E-state index contributed by atoms with van der Waals surface area (Å²) >= 11 is 6.59. The molecular formula is C14H6Br2O2S2. The summed E-state index contributed by atoms with van der Waals surface area (Å²) in [4.78, 5) is 26.9. The Morgan fingerprint density at radius 1 is 0.700 bits per heavy atom. The van der Waals surface area contributed by atoms with E-state index in [0.717, 1.165) is 9.79 Å². The zero-order valence-electron chi connectivity index (χ0n) is 9.85. The number of halogens is 2. The van der Waals surface area contributed by atoms with Crippen LogP contribution in [-0.2, 0) is 0 Å². The SMILES string of the molecule is O=C1c2cccc(SBr)c2C(=O)c2cccc(SBr)c21. The molecule has 0 saturated heterocycles. The number of hydrogen-bond donors (Lipinski definition) is 0. The van der Waals surface area contributed by atoms with Crippen LogP contribution in [0.2, 0.25) is 0 Å². The van der Waals surface area contributed by atoms with Gasteiger partial charge in [0.2, 0.25) is 0 Å². The second-order valence-corrected chi connectivity index (χ2v) is 7.30. The van der Waals surface area contributed by atoms with Crippen molar-refractivity contribution in [3.63, 3.8) is 0 Å². The fourth-order valence-electron chi connectivity index (χ4n) is 2.31. The summed E-state index contributed by atoms with van der Waals surface area (Å²) in [5, 5.41) is 0. The molecule has 0 fully saturated rings. The van der Waals surface area contributed by atoms with E-state index in [1.807, 2.05) is 12.1 Å². The summed E-state index contributed by atoms with van der Waals surface area (Å²) in [5.41, 5.74) is 1.93. The standard InChI is InChI=1S/C14H6Br2O2S2/c15-19-9-5-1-3-7-11(9)14(18)8-4-2-6-10(20-16)12(8)13(7)17/h1-6H. The normalized spacial score (nSPS) is 13.1. The third-order valence-corrected chi connectivity index (χ3v) is 6.27. The highest BCUT2D eigenvalue weighted by Gasteiger charge is 2.33. The maximum absolute atomic E-state index is 12.7. The Balaban J connectivity index is 2.34. The summed E-state index contributed by atoms with van der Waals surface area (Å²) in [7, 11) is 2.60. The van der Waals surface area contributed by atoms with Crippen molar-refractivity contribution in [1.29, 1.82) is 0 Å². The molecule has 0 spiro atoms. The molecule has 0 unspecified atom stereocenters. The Morgan fingerprint density at radius 3 is 1.45 bits per heavy atom. The molecule has 0 amide bonds. The van der Waals surface area contributed by atoms with Gasteiger partial charge in [-0.15, -0.1) is 0 Å². The molecule has 2 nitrogen and oxygen atoms in total. The Morgan fingerprint density at radius 2 is 1.10 bits per heavy atom. The van der Waals surface area contributed by atoms with Gasteiger partial charge in [-0.25, -0.2) is 0 Å². The summed E-state index contributed by atoms with van der Waals surface area (Å²) < 4.78 is 0.